The molecule has 1 aromatic heterocycles. The van der Waals surface area contributed by atoms with Crippen LogP contribution in [-0.4, -0.2) is 16.7 Å². The second-order valence-electron chi connectivity index (χ2n) is 4.44. The van der Waals surface area contributed by atoms with E-state index in [1.807, 2.05) is 32.9 Å². The Bertz CT molecular complexity index is 303. The third-order valence-corrected chi connectivity index (χ3v) is 2.29. The van der Waals surface area contributed by atoms with Gasteiger partial charge in [-0.15, -0.1) is 0 Å². The number of nitrogens with zero attached hydrogens (tertiary/aromatic N) is 1. The molecule has 0 aromatic carbocycles. The Labute approximate surface area is 89.9 Å². The maximum absolute atomic E-state index is 9.15. The molecule has 3 heteroatoms. The molecule has 0 fully saturated rings. The van der Waals surface area contributed by atoms with E-state index >= 15 is 0 Å². The van der Waals surface area contributed by atoms with Crippen molar-refractivity contribution in [2.75, 3.05) is 6.61 Å². The summed E-state index contributed by atoms with van der Waals surface area (Å²) in [5.41, 5.74) is 1.94. The highest BCUT2D eigenvalue weighted by Gasteiger charge is 2.17. The fourth-order valence-corrected chi connectivity index (χ4v) is 1.68. The van der Waals surface area contributed by atoms with Crippen molar-refractivity contribution in [1.82, 2.24) is 4.98 Å². The molecule has 0 aliphatic heterocycles. The molecule has 1 N–H and O–H groups in total. The highest BCUT2D eigenvalue weighted by molar-refractivity contribution is 6.29. The molecule has 0 atom stereocenters. The van der Waals surface area contributed by atoms with Gasteiger partial charge in [-0.3, -0.25) is 0 Å². The summed E-state index contributed by atoms with van der Waals surface area (Å²) in [6, 6.07) is 3.86. The number of aliphatic hydroxyl groups excluding tert-OH is 1. The summed E-state index contributed by atoms with van der Waals surface area (Å²) in [5, 5.41) is 9.67. The van der Waals surface area contributed by atoms with Crippen LogP contribution in [0.2, 0.25) is 5.15 Å². The van der Waals surface area contributed by atoms with Crippen LogP contribution in [0.15, 0.2) is 12.1 Å². The Kier molecular flexibility index (Phi) is 3.51. The minimum atomic E-state index is -0.100. The first-order valence-electron chi connectivity index (χ1n) is 4.67. The van der Waals surface area contributed by atoms with Crippen molar-refractivity contribution in [3.05, 3.63) is 28.5 Å². The molecule has 0 bridgehead atoms. The molecule has 0 spiro atoms. The van der Waals surface area contributed by atoms with Gasteiger partial charge in [0, 0.05) is 12.3 Å². The topological polar surface area (TPSA) is 33.1 Å². The van der Waals surface area contributed by atoms with E-state index in [9.17, 15) is 0 Å². The lowest BCUT2D eigenvalue weighted by atomic mass is 9.87. The zero-order valence-corrected chi connectivity index (χ0v) is 9.60. The molecule has 0 amide bonds. The lowest BCUT2D eigenvalue weighted by molar-refractivity contribution is 0.159. The minimum absolute atomic E-state index is 0.100. The summed E-state index contributed by atoms with van der Waals surface area (Å²) >= 11 is 5.85. The normalized spacial score (nSPS) is 11.8. The molecule has 0 unspecified atom stereocenters. The van der Waals surface area contributed by atoms with Crippen LogP contribution in [-0.2, 0) is 6.42 Å². The molecule has 1 rings (SSSR count). The molecule has 0 saturated carbocycles. The summed E-state index contributed by atoms with van der Waals surface area (Å²) < 4.78 is 0. The van der Waals surface area contributed by atoms with Gasteiger partial charge in [-0.05, 0) is 36.5 Å². The first kappa shape index (κ1) is 11.5. The lowest BCUT2D eigenvalue weighted by Crippen LogP contribution is -2.19. The standard InChI is InChI=1S/C11H16ClNO/c1-8-4-9(5-10(12)13-8)6-11(2,3)7-14/h4-5,14H,6-7H2,1-3H3. The predicted octanol–water partition coefficient (Wildman–Crippen LogP) is 2.60. The van der Waals surface area contributed by atoms with E-state index in [0.717, 1.165) is 17.7 Å². The monoisotopic (exact) mass is 213 g/mol. The average Bonchev–Trinajstić information content (AvgIpc) is 2.01. The predicted molar refractivity (Wildman–Crippen MR) is 58.6 cm³/mol. The molecule has 0 aliphatic rings. The van der Waals surface area contributed by atoms with Gasteiger partial charge in [-0.1, -0.05) is 25.4 Å². The van der Waals surface area contributed by atoms with Crippen LogP contribution >= 0.6 is 11.6 Å². The molecule has 0 saturated heterocycles. The summed E-state index contributed by atoms with van der Waals surface area (Å²) in [7, 11) is 0. The van der Waals surface area contributed by atoms with Gasteiger partial charge in [0.05, 0.1) is 0 Å². The van der Waals surface area contributed by atoms with Gasteiger partial charge >= 0.3 is 0 Å². The number of pyridine rings is 1. The second-order valence-corrected chi connectivity index (χ2v) is 4.83. The highest BCUT2D eigenvalue weighted by atomic mass is 35.5. The highest BCUT2D eigenvalue weighted by Crippen LogP contribution is 2.22. The zero-order valence-electron chi connectivity index (χ0n) is 8.84. The van der Waals surface area contributed by atoms with E-state index in [0.29, 0.717) is 5.15 Å². The van der Waals surface area contributed by atoms with Crippen LogP contribution in [0.25, 0.3) is 0 Å². The Hall–Kier alpha value is -0.600. The molecule has 2 nitrogen and oxygen atoms in total. The van der Waals surface area contributed by atoms with Crippen molar-refractivity contribution in [3.63, 3.8) is 0 Å². The van der Waals surface area contributed by atoms with Gasteiger partial charge < -0.3 is 5.11 Å². The third kappa shape index (κ3) is 3.28. The number of hydrogen-bond acceptors (Lipinski definition) is 2. The lowest BCUT2D eigenvalue weighted by Gasteiger charge is -2.21. The molecule has 78 valence electrons. The van der Waals surface area contributed by atoms with Crippen molar-refractivity contribution in [3.8, 4) is 0 Å². The Morgan fingerprint density at radius 2 is 2.07 bits per heavy atom. The van der Waals surface area contributed by atoms with Crippen molar-refractivity contribution in [2.24, 2.45) is 5.41 Å². The van der Waals surface area contributed by atoms with Gasteiger partial charge in [0.2, 0.25) is 0 Å². The maximum Gasteiger partial charge on any atom is 0.129 e. The van der Waals surface area contributed by atoms with Crippen molar-refractivity contribution in [1.29, 1.82) is 0 Å². The molecule has 1 aromatic rings. The van der Waals surface area contributed by atoms with E-state index in [1.165, 1.54) is 0 Å². The van der Waals surface area contributed by atoms with Crippen LogP contribution < -0.4 is 0 Å². The maximum atomic E-state index is 9.15. The molecule has 1 heterocycles. The largest absolute Gasteiger partial charge is 0.396 e. The van der Waals surface area contributed by atoms with Crippen molar-refractivity contribution < 1.29 is 5.11 Å². The number of aliphatic hydroxyl groups is 1. The quantitative estimate of drug-likeness (QED) is 0.784. The van der Waals surface area contributed by atoms with E-state index in [1.54, 1.807) is 0 Å². The van der Waals surface area contributed by atoms with Crippen LogP contribution in [0.4, 0.5) is 0 Å². The minimum Gasteiger partial charge on any atom is -0.396 e. The smallest absolute Gasteiger partial charge is 0.129 e. The van der Waals surface area contributed by atoms with Crippen LogP contribution in [0.3, 0.4) is 0 Å². The number of halogens is 1. The van der Waals surface area contributed by atoms with Gasteiger partial charge in [0.1, 0.15) is 5.15 Å². The third-order valence-electron chi connectivity index (χ3n) is 2.09. The van der Waals surface area contributed by atoms with Gasteiger partial charge in [-0.2, -0.15) is 0 Å². The SMILES string of the molecule is Cc1cc(CC(C)(C)CO)cc(Cl)n1. The summed E-state index contributed by atoms with van der Waals surface area (Å²) in [5.74, 6) is 0. The summed E-state index contributed by atoms with van der Waals surface area (Å²) in [6.07, 6.45) is 0.812. The second kappa shape index (κ2) is 4.28. The number of aryl methyl sites for hydroxylation is 1. The first-order chi connectivity index (χ1) is 6.43. The van der Waals surface area contributed by atoms with Crippen LogP contribution in [0.5, 0.6) is 0 Å². The first-order valence-corrected chi connectivity index (χ1v) is 5.05. The van der Waals surface area contributed by atoms with E-state index in [4.69, 9.17) is 16.7 Å². The Balaban J connectivity index is 2.87. The fourth-order valence-electron chi connectivity index (χ4n) is 1.41. The Morgan fingerprint density at radius 3 is 2.57 bits per heavy atom. The van der Waals surface area contributed by atoms with Gasteiger partial charge in [0.15, 0.2) is 0 Å². The molecule has 0 aliphatic carbocycles. The zero-order chi connectivity index (χ0) is 10.8. The van der Waals surface area contributed by atoms with Gasteiger partial charge in [0.25, 0.3) is 0 Å². The molecule has 14 heavy (non-hydrogen) atoms. The van der Waals surface area contributed by atoms with E-state index < -0.39 is 0 Å². The molecule has 0 radical (unpaired) electrons. The average molecular weight is 214 g/mol. The summed E-state index contributed by atoms with van der Waals surface area (Å²) in [6.45, 7) is 6.14. The van der Waals surface area contributed by atoms with E-state index in [-0.39, 0.29) is 12.0 Å². The van der Waals surface area contributed by atoms with E-state index in [2.05, 4.69) is 4.98 Å². The summed E-state index contributed by atoms with van der Waals surface area (Å²) in [4.78, 5) is 4.09. The number of rotatable bonds is 3. The number of hydrogen-bond donors (Lipinski definition) is 1. The molecular weight excluding hydrogens is 198 g/mol. The van der Waals surface area contributed by atoms with Crippen molar-refractivity contribution >= 4 is 11.6 Å². The van der Waals surface area contributed by atoms with Crippen molar-refractivity contribution in [2.45, 2.75) is 27.2 Å². The fraction of sp³-hybridized carbons (Fsp3) is 0.545. The molecular formula is C11H16ClNO. The number of aromatic nitrogens is 1. The van der Waals surface area contributed by atoms with Crippen LogP contribution in [0, 0.1) is 12.3 Å². The Morgan fingerprint density at radius 1 is 1.43 bits per heavy atom. The van der Waals surface area contributed by atoms with Crippen LogP contribution in [0.1, 0.15) is 25.1 Å². The van der Waals surface area contributed by atoms with Gasteiger partial charge in [-0.25, -0.2) is 4.98 Å².